The summed E-state index contributed by atoms with van der Waals surface area (Å²) in [6, 6.07) is 14.3. The molecule has 0 atom stereocenters. The summed E-state index contributed by atoms with van der Waals surface area (Å²) in [4.78, 5) is 8.25. The zero-order chi connectivity index (χ0) is 19.6. The highest BCUT2D eigenvalue weighted by Crippen LogP contribution is 2.31. The summed E-state index contributed by atoms with van der Waals surface area (Å²) in [6.45, 7) is 0.413. The summed E-state index contributed by atoms with van der Waals surface area (Å²) in [5.41, 5.74) is 1.29. The monoisotopic (exact) mass is 369 g/mol. The van der Waals surface area contributed by atoms with Gasteiger partial charge in [-0.1, -0.05) is 12.1 Å². The van der Waals surface area contributed by atoms with Crippen molar-refractivity contribution in [2.45, 2.75) is 13.0 Å². The van der Waals surface area contributed by atoms with Crippen LogP contribution in [-0.2, 0) is 17.8 Å². The van der Waals surface area contributed by atoms with Crippen LogP contribution in [0.4, 0.5) is 0 Å². The van der Waals surface area contributed by atoms with Crippen LogP contribution >= 0.6 is 0 Å². The fourth-order valence-corrected chi connectivity index (χ4v) is 2.75. The molecule has 0 spiro atoms. The van der Waals surface area contributed by atoms with Crippen LogP contribution in [0, 0.1) is 0 Å². The third-order valence-corrected chi connectivity index (χ3v) is 4.16. The maximum Gasteiger partial charge on any atom is 0.176 e. The number of pyridine rings is 1. The minimum absolute atomic E-state index is 0.500. The maximum atomic E-state index is 8.25. The molecule has 2 aromatic carbocycles. The first kappa shape index (κ1) is 20.0. The van der Waals surface area contributed by atoms with Crippen LogP contribution in [0.2, 0.25) is 0 Å². The number of methoxy groups -OCH3 is 3. The van der Waals surface area contributed by atoms with Crippen LogP contribution in [0.3, 0.4) is 0 Å². The van der Waals surface area contributed by atoms with Gasteiger partial charge in [0.15, 0.2) is 30.4 Å². The van der Waals surface area contributed by atoms with Gasteiger partial charge in [0, 0.05) is 24.3 Å². The zero-order valence-corrected chi connectivity index (χ0v) is 15.7. The van der Waals surface area contributed by atoms with Gasteiger partial charge < -0.3 is 24.1 Å². The molecule has 0 N–H and O–H groups in total. The molecule has 1 aromatic heterocycles. The topological polar surface area (TPSA) is 71.7 Å². The smallest absolute Gasteiger partial charge is 0.176 e. The fourth-order valence-electron chi connectivity index (χ4n) is 2.75. The lowest BCUT2D eigenvalue weighted by molar-refractivity contribution is -0.695. The molecule has 0 aliphatic rings. The lowest BCUT2D eigenvalue weighted by Gasteiger charge is -2.08. The second-order valence-corrected chi connectivity index (χ2v) is 5.71. The highest BCUT2D eigenvalue weighted by atomic mass is 16.5. The molecule has 0 unspecified atom stereocenters. The zero-order valence-electron chi connectivity index (χ0n) is 15.7. The minimum Gasteiger partial charge on any atom is -0.554 e. The van der Waals surface area contributed by atoms with Gasteiger partial charge in [0.05, 0.1) is 21.3 Å². The molecule has 0 aliphatic carbocycles. The van der Waals surface area contributed by atoms with Crippen molar-refractivity contribution in [1.82, 2.24) is 0 Å². The number of hydrogen-bond acceptors (Lipinski definition) is 5. The Kier molecular flexibility index (Phi) is 7.43. The summed E-state index contributed by atoms with van der Waals surface area (Å²) in [7, 11) is 5.00. The number of benzene rings is 2. The van der Waals surface area contributed by atoms with Crippen LogP contribution in [0.1, 0.15) is 5.56 Å². The molecule has 0 saturated heterocycles. The summed E-state index contributed by atoms with van der Waals surface area (Å²) < 4.78 is 18.1. The van der Waals surface area contributed by atoms with Crippen molar-refractivity contribution in [3.63, 3.8) is 0 Å². The van der Waals surface area contributed by atoms with E-state index in [1.807, 2.05) is 24.3 Å². The number of aryl methyl sites for hydroxylation is 2. The number of fused-ring (bicyclic) bond motifs is 1. The molecular weight excluding hydrogens is 346 g/mol. The Bertz CT molecular complexity index is 878. The molecule has 0 fully saturated rings. The van der Waals surface area contributed by atoms with Gasteiger partial charge in [0.2, 0.25) is 0 Å². The third kappa shape index (κ3) is 5.34. The second kappa shape index (κ2) is 10.0. The number of aromatic nitrogens is 1. The normalized spacial score (nSPS) is 9.89. The fraction of sp³-hybridized carbons (Fsp3) is 0.238. The summed E-state index contributed by atoms with van der Waals surface area (Å²) in [5, 5.41) is 10.5. The Morgan fingerprint density at radius 1 is 0.926 bits per heavy atom. The number of ether oxygens (including phenoxy) is 3. The summed E-state index contributed by atoms with van der Waals surface area (Å²) >= 11 is 0. The van der Waals surface area contributed by atoms with Crippen LogP contribution in [0.25, 0.3) is 10.8 Å². The van der Waals surface area contributed by atoms with Crippen LogP contribution in [-0.4, -0.2) is 27.8 Å². The highest BCUT2D eigenvalue weighted by molar-refractivity contribution is 5.84. The highest BCUT2D eigenvalue weighted by Gasteiger charge is 2.09. The van der Waals surface area contributed by atoms with Crippen molar-refractivity contribution >= 4 is 17.2 Å². The van der Waals surface area contributed by atoms with E-state index in [1.165, 1.54) is 5.56 Å². The van der Waals surface area contributed by atoms with Gasteiger partial charge in [-0.2, -0.15) is 0 Å². The van der Waals surface area contributed by atoms with Crippen molar-refractivity contribution in [1.29, 1.82) is 0 Å². The molecule has 0 amide bonds. The Morgan fingerprint density at radius 2 is 1.52 bits per heavy atom. The van der Waals surface area contributed by atoms with E-state index in [4.69, 9.17) is 24.1 Å². The van der Waals surface area contributed by atoms with E-state index in [0.29, 0.717) is 0 Å². The molecule has 0 aliphatic heterocycles. The van der Waals surface area contributed by atoms with Gasteiger partial charge in [0.1, 0.15) is 5.75 Å². The number of hydrogen-bond donors (Lipinski definition) is 0. The number of carboxylic acid groups (broad SMARTS) is 1. The van der Waals surface area contributed by atoms with E-state index in [2.05, 4.69) is 35.2 Å². The standard InChI is InChI=1S/C20H22NO3.CH2O2/c1-22-18-6-4-15(5-7-18)8-10-21-11-9-16-12-19(23-2)20(24-3)13-17(16)14-21;2-1-3/h4-7,9,11-14H,8,10H2,1-3H3;1H,(H,2,3)/q+1;/p-1. The number of rotatable bonds is 6. The Labute approximate surface area is 158 Å². The quantitative estimate of drug-likeness (QED) is 0.489. The molecular formula is C21H23NO5. The van der Waals surface area contributed by atoms with E-state index in [-0.39, 0.29) is 0 Å². The van der Waals surface area contributed by atoms with E-state index in [9.17, 15) is 0 Å². The molecule has 3 aromatic rings. The molecule has 0 saturated carbocycles. The van der Waals surface area contributed by atoms with Gasteiger partial charge in [-0.15, -0.1) is 0 Å². The molecule has 6 nitrogen and oxygen atoms in total. The van der Waals surface area contributed by atoms with Crippen molar-refractivity contribution < 1.29 is 28.7 Å². The maximum absolute atomic E-state index is 8.25. The Hall–Kier alpha value is -3.28. The second-order valence-electron chi connectivity index (χ2n) is 5.71. The lowest BCUT2D eigenvalue weighted by Crippen LogP contribution is -2.33. The van der Waals surface area contributed by atoms with Crippen LogP contribution in [0.15, 0.2) is 54.9 Å². The van der Waals surface area contributed by atoms with Crippen molar-refractivity contribution in [3.8, 4) is 17.2 Å². The first-order chi connectivity index (χ1) is 13.1. The van der Waals surface area contributed by atoms with Crippen molar-refractivity contribution in [2.24, 2.45) is 0 Å². The van der Waals surface area contributed by atoms with E-state index >= 15 is 0 Å². The van der Waals surface area contributed by atoms with E-state index < -0.39 is 6.47 Å². The predicted molar refractivity (Wildman–Crippen MR) is 100 cm³/mol. The summed E-state index contributed by atoms with van der Waals surface area (Å²) in [6.07, 6.45) is 5.20. The lowest BCUT2D eigenvalue weighted by atomic mass is 10.1. The van der Waals surface area contributed by atoms with E-state index in [1.54, 1.807) is 21.3 Å². The largest absolute Gasteiger partial charge is 0.554 e. The van der Waals surface area contributed by atoms with Gasteiger partial charge in [0.25, 0.3) is 0 Å². The van der Waals surface area contributed by atoms with Crippen molar-refractivity contribution in [3.05, 3.63) is 60.4 Å². The first-order valence-corrected chi connectivity index (χ1v) is 8.38. The summed E-state index contributed by atoms with van der Waals surface area (Å²) in [5.74, 6) is 2.39. The Morgan fingerprint density at radius 3 is 2.07 bits per heavy atom. The molecule has 1 heterocycles. The third-order valence-electron chi connectivity index (χ3n) is 4.16. The Balaban J connectivity index is 0.000000817. The molecule has 142 valence electrons. The number of carbonyl (C=O) groups is 1. The predicted octanol–water partition coefficient (Wildman–Crippen LogP) is 1.76. The van der Waals surface area contributed by atoms with Crippen molar-refractivity contribution in [2.75, 3.05) is 21.3 Å². The molecule has 27 heavy (non-hydrogen) atoms. The average molecular weight is 369 g/mol. The molecule has 0 radical (unpaired) electrons. The minimum atomic E-state index is -0.500. The SMILES string of the molecule is COc1ccc(CC[n+]2ccc3cc(OC)c(OC)cc3c2)cc1.O=C[O-]. The molecule has 6 heteroatoms. The molecule has 0 bridgehead atoms. The number of nitrogens with zero attached hydrogens (tertiary/aromatic N) is 1. The van der Waals surface area contributed by atoms with Gasteiger partial charge >= 0.3 is 0 Å². The van der Waals surface area contributed by atoms with Gasteiger partial charge in [-0.05, 0) is 35.2 Å². The van der Waals surface area contributed by atoms with Crippen LogP contribution < -0.4 is 23.9 Å². The van der Waals surface area contributed by atoms with Gasteiger partial charge in [-0.25, -0.2) is 4.57 Å². The van der Waals surface area contributed by atoms with E-state index in [0.717, 1.165) is 41.0 Å². The van der Waals surface area contributed by atoms with Gasteiger partial charge in [-0.3, -0.25) is 0 Å². The number of carbonyl (C=O) groups excluding carboxylic acids is 1. The average Bonchev–Trinajstić information content (AvgIpc) is 2.72. The molecule has 3 rings (SSSR count). The first-order valence-electron chi connectivity index (χ1n) is 8.38. The van der Waals surface area contributed by atoms with Crippen LogP contribution in [0.5, 0.6) is 17.2 Å².